The van der Waals surface area contributed by atoms with Gasteiger partial charge in [0.1, 0.15) is 0 Å². The molecule has 0 spiro atoms. The summed E-state index contributed by atoms with van der Waals surface area (Å²) in [6.07, 6.45) is 0. The van der Waals surface area contributed by atoms with E-state index in [0.29, 0.717) is 20.7 Å². The molecule has 23 heteroatoms. The molecular formula is C44H41Cl3O12Si8. The summed E-state index contributed by atoms with van der Waals surface area (Å²) >= 11 is 15.8. The number of hydrogen-bond acceptors (Lipinski definition) is 12. The van der Waals surface area contributed by atoms with Crippen LogP contribution in [0, 0.1) is 0 Å². The molecule has 0 atom stereocenters. The van der Waals surface area contributed by atoms with Gasteiger partial charge < -0.3 is 51.4 Å². The van der Waals surface area contributed by atoms with Gasteiger partial charge in [-0.2, -0.15) is 0 Å². The molecule has 67 heavy (non-hydrogen) atoms. The lowest BCUT2D eigenvalue weighted by molar-refractivity contribution is 0.0353. The number of benzene rings is 7. The highest BCUT2D eigenvalue weighted by atomic mass is 35.8. The minimum atomic E-state index is -5.04. The first-order chi connectivity index (χ1) is 32.2. The molecule has 342 valence electrons. The van der Waals surface area contributed by atoms with Crippen molar-refractivity contribution in [1.82, 2.24) is 0 Å². The minimum absolute atomic E-state index is 0.239. The molecule has 3 N–H and O–H groups in total. The van der Waals surface area contributed by atoms with Crippen molar-refractivity contribution in [2.45, 2.75) is 0 Å². The molecule has 0 unspecified atom stereocenters. The molecule has 3 aliphatic rings. The molecule has 10 rings (SSSR count). The fraction of sp³-hybridized carbons (Fsp3) is 0. The largest absolute Gasteiger partial charge is 0.520 e. The van der Waals surface area contributed by atoms with Crippen molar-refractivity contribution < 1.29 is 51.4 Å². The lowest BCUT2D eigenvalue weighted by atomic mass is 10.4. The van der Waals surface area contributed by atoms with E-state index in [4.69, 9.17) is 70.3 Å². The lowest BCUT2D eigenvalue weighted by Crippen LogP contribution is -2.91. The van der Waals surface area contributed by atoms with Crippen LogP contribution in [0.4, 0.5) is 0 Å². The van der Waals surface area contributed by atoms with Crippen LogP contribution in [0.25, 0.3) is 0 Å². The van der Waals surface area contributed by atoms with Crippen LogP contribution in [0.5, 0.6) is 0 Å². The molecule has 12 nitrogen and oxygen atoms in total. The van der Waals surface area contributed by atoms with Crippen molar-refractivity contribution >= 4 is 137 Å². The Morgan fingerprint density at radius 1 is 0.299 bits per heavy atom. The third-order valence-electron chi connectivity index (χ3n) is 10.6. The van der Waals surface area contributed by atoms with Crippen LogP contribution in [0.3, 0.4) is 0 Å². The SMILES string of the molecule is C=C[Si](Cl)(Cl)Cl.O[Si]1(c2ccccc2)O[Si]2(c3ccccc3)O[Si](O)(c3ccccc3)O[Si]3(c4ccccc4)O[Si](O)(c4ccccc4)O[Si](c4ccccc4)(O1)O[Si](c1ccccc1)(O2)O3. The molecular weight excluding hydrogens is 1050 g/mol. The standard InChI is InChI=1S/C42H38O12Si7.C2H3Cl3Si/c43-55(36-22-8-1-9-23-36)46-58(39-28-14-4-15-29-39)48-56(44,37-24-10-2-11-25-37)50-60(41-32-18-6-19-33-41)51-57(45,38-26-12-3-13-27-38)49-59(47-55,40-30-16-5-17-31-40)53-61(52-58,54-60)42-34-20-7-21-35-42;1-2-6(3,4)5/h1-35,43-45H;2H,1H2. The Labute approximate surface area is 410 Å². The van der Waals surface area contributed by atoms with E-state index in [0.717, 1.165) is 0 Å². The van der Waals surface area contributed by atoms with Crippen molar-refractivity contribution in [3.8, 4) is 0 Å². The Hall–Kier alpha value is -3.59. The molecule has 0 amide bonds. The lowest BCUT2D eigenvalue weighted by Gasteiger charge is -2.56. The van der Waals surface area contributed by atoms with Gasteiger partial charge in [0, 0.05) is 36.3 Å². The molecule has 4 bridgehead atoms. The van der Waals surface area contributed by atoms with Gasteiger partial charge in [0.2, 0.25) is 0 Å². The number of hydrogen-bond donors (Lipinski definition) is 3. The molecule has 0 aromatic heterocycles. The summed E-state index contributed by atoms with van der Waals surface area (Å²) in [5.41, 5.74) is 1.37. The van der Waals surface area contributed by atoms with E-state index < -0.39 is 67.6 Å². The molecule has 0 aliphatic carbocycles. The summed E-state index contributed by atoms with van der Waals surface area (Å²) in [6.45, 7) is 3.30. The fourth-order valence-electron chi connectivity index (χ4n) is 7.51. The molecule has 7 aromatic rings. The van der Waals surface area contributed by atoms with Crippen LogP contribution in [0.1, 0.15) is 0 Å². The van der Waals surface area contributed by atoms with E-state index in [1.165, 1.54) is 5.70 Å². The van der Waals surface area contributed by atoms with Gasteiger partial charge in [-0.05, 0) is 0 Å². The maximum atomic E-state index is 13.6. The van der Waals surface area contributed by atoms with Gasteiger partial charge in [0.05, 0.1) is 0 Å². The van der Waals surface area contributed by atoms with Gasteiger partial charge in [0.25, 0.3) is 0 Å². The summed E-state index contributed by atoms with van der Waals surface area (Å²) in [5, 5.41) is 2.18. The quantitative estimate of drug-likeness (QED) is 0.152. The molecule has 0 radical (unpaired) electrons. The number of rotatable bonds is 8. The number of halogens is 3. The molecule has 3 saturated heterocycles. The predicted octanol–water partition coefficient (Wildman–Crippen LogP) is 3.44. The summed E-state index contributed by atoms with van der Waals surface area (Å²) in [5.74, 6) is 0. The van der Waals surface area contributed by atoms with E-state index >= 15 is 0 Å². The first kappa shape index (κ1) is 48.4. The maximum absolute atomic E-state index is 13.6. The van der Waals surface area contributed by atoms with Gasteiger partial charge >= 0.3 is 67.6 Å². The molecule has 0 saturated carbocycles. The van der Waals surface area contributed by atoms with Crippen molar-refractivity contribution in [3.63, 3.8) is 0 Å². The summed E-state index contributed by atoms with van der Waals surface area (Å²) < 4.78 is 66.5. The van der Waals surface area contributed by atoms with E-state index in [9.17, 15) is 14.4 Å². The Balaban J connectivity index is 0.000000881. The van der Waals surface area contributed by atoms with Gasteiger partial charge in [-0.3, -0.25) is 0 Å². The van der Waals surface area contributed by atoms with Crippen LogP contribution in [-0.2, 0) is 37.0 Å². The van der Waals surface area contributed by atoms with Gasteiger partial charge in [-0.15, -0.1) is 39.8 Å². The molecule has 3 aliphatic heterocycles. The predicted molar refractivity (Wildman–Crippen MR) is 273 cm³/mol. The third kappa shape index (κ3) is 9.93. The summed E-state index contributed by atoms with van der Waals surface area (Å²) in [7, 11) is -34.7. The Kier molecular flexibility index (Phi) is 14.0. The van der Waals surface area contributed by atoms with Crippen LogP contribution in [0.15, 0.2) is 225 Å². The highest BCUT2D eigenvalue weighted by Crippen LogP contribution is 2.41. The second-order valence-corrected chi connectivity index (χ2v) is 43.1. The van der Waals surface area contributed by atoms with E-state index in [1.54, 1.807) is 176 Å². The average molecular weight is 1090 g/mol. The zero-order valence-electron chi connectivity index (χ0n) is 35.1. The molecule has 3 heterocycles. The normalized spacial score (nSPS) is 30.5. The summed E-state index contributed by atoms with van der Waals surface area (Å²) in [6, 6.07) is 59.0. The van der Waals surface area contributed by atoms with E-state index in [1.807, 2.05) is 36.4 Å². The Morgan fingerprint density at radius 2 is 0.448 bits per heavy atom. The van der Waals surface area contributed by atoms with Crippen molar-refractivity contribution in [2.24, 2.45) is 0 Å². The summed E-state index contributed by atoms with van der Waals surface area (Å²) in [4.78, 5) is 40.7. The van der Waals surface area contributed by atoms with E-state index in [2.05, 4.69) is 6.58 Å². The van der Waals surface area contributed by atoms with Crippen LogP contribution in [-0.4, -0.2) is 82.0 Å². The second-order valence-electron chi connectivity index (χ2n) is 15.2. The highest BCUT2D eigenvalue weighted by molar-refractivity contribution is 7.66. The highest BCUT2D eigenvalue weighted by Gasteiger charge is 2.79. The van der Waals surface area contributed by atoms with Gasteiger partial charge in [-0.1, -0.05) is 218 Å². The van der Waals surface area contributed by atoms with E-state index in [-0.39, 0.29) is 15.6 Å². The van der Waals surface area contributed by atoms with Crippen molar-refractivity contribution in [1.29, 1.82) is 0 Å². The maximum Gasteiger partial charge on any atom is 0.520 e. The molecule has 3 fully saturated rings. The van der Waals surface area contributed by atoms with Crippen molar-refractivity contribution in [3.05, 3.63) is 225 Å². The van der Waals surface area contributed by atoms with Gasteiger partial charge in [0.15, 0.2) is 0 Å². The number of fused-ring (bicyclic) bond motifs is 3. The zero-order valence-corrected chi connectivity index (χ0v) is 45.4. The zero-order chi connectivity index (χ0) is 46.9. The first-order valence-corrected chi connectivity index (χ1v) is 38.0. The van der Waals surface area contributed by atoms with Crippen molar-refractivity contribution in [2.75, 3.05) is 0 Å². The Morgan fingerprint density at radius 3 is 0.612 bits per heavy atom. The average Bonchev–Trinajstić information content (AvgIpc) is 3.34. The smallest absolute Gasteiger partial charge is 0.387 e. The van der Waals surface area contributed by atoms with Crippen LogP contribution >= 0.6 is 33.2 Å². The third-order valence-corrected chi connectivity index (χ3v) is 39.3. The molecule has 7 aromatic carbocycles. The monoisotopic (exact) mass is 1090 g/mol. The Bertz CT molecular complexity index is 2490. The fourth-order valence-corrected chi connectivity index (χ4v) is 41.4. The second kappa shape index (κ2) is 19.3. The minimum Gasteiger partial charge on any atom is -0.387 e. The first-order valence-electron chi connectivity index (χ1n) is 20.7. The topological polar surface area (TPSA) is 144 Å². The van der Waals surface area contributed by atoms with Gasteiger partial charge in [-0.25, -0.2) is 0 Å². The van der Waals surface area contributed by atoms with Crippen LogP contribution in [0.2, 0.25) is 0 Å². The van der Waals surface area contributed by atoms with Crippen LogP contribution < -0.4 is 36.3 Å².